The molecule has 7 nitrogen and oxygen atoms in total. The zero-order valence-electron chi connectivity index (χ0n) is 16.6. The Kier molecular flexibility index (Phi) is 3.76. The number of Topliss-reactive ketones (excluding diaryl/α,β-unsaturated/α-hetero) is 1. The van der Waals surface area contributed by atoms with Gasteiger partial charge in [0.1, 0.15) is 5.78 Å². The Hall–Kier alpha value is -1.77. The maximum Gasteiger partial charge on any atom is 0.339 e. The summed E-state index contributed by atoms with van der Waals surface area (Å²) < 4.78 is 41.4. The van der Waals surface area contributed by atoms with Gasteiger partial charge in [0.15, 0.2) is 11.0 Å². The van der Waals surface area contributed by atoms with E-state index in [9.17, 15) is 22.6 Å². The summed E-state index contributed by atoms with van der Waals surface area (Å²) in [6, 6.07) is 7.14. The molecule has 0 amide bonds. The number of likely N-dealkylation sites (tertiary alicyclic amines) is 1. The first-order chi connectivity index (χ1) is 13.5. The van der Waals surface area contributed by atoms with E-state index in [0.29, 0.717) is 31.4 Å². The first-order valence-corrected chi connectivity index (χ1v) is 11.6. The van der Waals surface area contributed by atoms with Crippen LogP contribution in [-0.2, 0) is 25.3 Å². The minimum absolute atomic E-state index is 0.0776. The van der Waals surface area contributed by atoms with Gasteiger partial charge in [-0.25, -0.2) is 4.79 Å². The van der Waals surface area contributed by atoms with Gasteiger partial charge in [0.25, 0.3) is 10.1 Å². The average Bonchev–Trinajstić information content (AvgIpc) is 3.29. The average molecular weight is 419 g/mol. The summed E-state index contributed by atoms with van der Waals surface area (Å²) in [5, 5.41) is -1.32. The van der Waals surface area contributed by atoms with Crippen LogP contribution in [0.5, 0.6) is 0 Å². The lowest BCUT2D eigenvalue weighted by Gasteiger charge is -2.45. The number of ether oxygens (including phenoxy) is 1. The molecule has 2 saturated carbocycles. The molecule has 4 aliphatic rings. The van der Waals surface area contributed by atoms with Crippen LogP contribution in [0.4, 0.5) is 0 Å². The molecule has 2 aliphatic heterocycles. The Labute approximate surface area is 170 Å². The third kappa shape index (κ3) is 2.28. The first kappa shape index (κ1) is 19.2. The van der Waals surface area contributed by atoms with Crippen molar-refractivity contribution >= 4 is 21.9 Å². The zero-order valence-corrected chi connectivity index (χ0v) is 17.4. The van der Waals surface area contributed by atoms with Gasteiger partial charge in [0.05, 0.1) is 11.0 Å². The van der Waals surface area contributed by atoms with Crippen molar-refractivity contribution in [1.82, 2.24) is 4.90 Å². The van der Waals surface area contributed by atoms with E-state index in [2.05, 4.69) is 0 Å². The van der Waals surface area contributed by atoms with E-state index >= 15 is 0 Å². The van der Waals surface area contributed by atoms with Crippen molar-refractivity contribution in [2.24, 2.45) is 16.7 Å². The largest absolute Gasteiger partial charge is 0.449 e. The zero-order chi connectivity index (χ0) is 20.8. The van der Waals surface area contributed by atoms with Crippen LogP contribution in [0.2, 0.25) is 0 Å². The molecule has 4 atom stereocenters. The van der Waals surface area contributed by atoms with Crippen molar-refractivity contribution in [1.29, 1.82) is 0 Å². The molecule has 1 spiro atoms. The molecule has 2 aliphatic carbocycles. The van der Waals surface area contributed by atoms with Crippen LogP contribution in [0, 0.1) is 16.7 Å². The fourth-order valence-corrected chi connectivity index (χ4v) is 8.32. The maximum absolute atomic E-state index is 13.1. The highest BCUT2D eigenvalue weighted by molar-refractivity contribution is 7.86. The van der Waals surface area contributed by atoms with E-state index in [1.807, 2.05) is 26.0 Å². The monoisotopic (exact) mass is 419 g/mol. The molecule has 4 unspecified atom stereocenters. The molecule has 3 fully saturated rings. The van der Waals surface area contributed by atoms with Crippen molar-refractivity contribution in [2.75, 3.05) is 13.1 Å². The van der Waals surface area contributed by atoms with E-state index in [0.717, 1.165) is 12.0 Å². The molecule has 1 aromatic rings. The maximum atomic E-state index is 13.1. The predicted molar refractivity (Wildman–Crippen MR) is 104 cm³/mol. The Morgan fingerprint density at radius 3 is 2.55 bits per heavy atom. The van der Waals surface area contributed by atoms with Crippen LogP contribution < -0.4 is 0 Å². The van der Waals surface area contributed by atoms with Gasteiger partial charge in [-0.3, -0.25) is 14.2 Å². The van der Waals surface area contributed by atoms with Crippen LogP contribution >= 0.6 is 0 Å². The van der Waals surface area contributed by atoms with Crippen molar-refractivity contribution in [3.63, 3.8) is 0 Å². The lowest BCUT2D eigenvalue weighted by molar-refractivity contribution is -0.132. The molecular formula is C21H25NO6S. The van der Waals surface area contributed by atoms with Crippen LogP contribution in [-0.4, -0.2) is 48.1 Å². The lowest BCUT2D eigenvalue weighted by atomic mass is 9.68. The number of hydrogen-bond acceptors (Lipinski definition) is 6. The highest BCUT2D eigenvalue weighted by Crippen LogP contribution is 2.67. The second-order valence-electron chi connectivity index (χ2n) is 9.57. The van der Waals surface area contributed by atoms with Crippen molar-refractivity contribution < 1.29 is 27.3 Å². The lowest BCUT2D eigenvalue weighted by Crippen LogP contribution is -2.58. The summed E-state index contributed by atoms with van der Waals surface area (Å²) in [7, 11) is -4.55. The van der Waals surface area contributed by atoms with E-state index in [1.165, 1.54) is 0 Å². The van der Waals surface area contributed by atoms with Gasteiger partial charge in [-0.15, -0.1) is 0 Å². The van der Waals surface area contributed by atoms with Crippen LogP contribution in [0.15, 0.2) is 24.3 Å². The van der Waals surface area contributed by atoms with Crippen LogP contribution in [0.3, 0.4) is 0 Å². The molecule has 8 heteroatoms. The van der Waals surface area contributed by atoms with Crippen molar-refractivity contribution in [2.45, 2.75) is 50.5 Å². The predicted octanol–water partition coefficient (Wildman–Crippen LogP) is 2.37. The number of rotatable bonds is 3. The molecule has 5 rings (SSSR count). The van der Waals surface area contributed by atoms with E-state index in [-0.39, 0.29) is 18.2 Å². The summed E-state index contributed by atoms with van der Waals surface area (Å²) in [5.74, 6) is -0.366. The van der Waals surface area contributed by atoms with Gasteiger partial charge >= 0.3 is 5.97 Å². The highest BCUT2D eigenvalue weighted by Gasteiger charge is 2.71. The topological polar surface area (TPSA) is 101 Å². The van der Waals surface area contributed by atoms with Gasteiger partial charge in [0, 0.05) is 31.5 Å². The number of esters is 1. The SMILES string of the molecule is CC1(C)C2CCC1(C(N1CCC3(C1)OC(=O)c1ccccc13)S(=O)(=O)O)C(=O)C2. The molecule has 1 N–H and O–H groups in total. The molecule has 29 heavy (non-hydrogen) atoms. The number of ketones is 1. The van der Waals surface area contributed by atoms with E-state index in [4.69, 9.17) is 4.74 Å². The Morgan fingerprint density at radius 1 is 1.21 bits per heavy atom. The van der Waals surface area contributed by atoms with Crippen LogP contribution in [0.25, 0.3) is 0 Å². The number of nitrogens with zero attached hydrogens (tertiary/aromatic N) is 1. The van der Waals surface area contributed by atoms with Crippen molar-refractivity contribution in [3.8, 4) is 0 Å². The molecule has 0 aromatic heterocycles. The molecule has 2 bridgehead atoms. The number of carbonyl (C=O) groups excluding carboxylic acids is 2. The molecule has 156 valence electrons. The highest BCUT2D eigenvalue weighted by atomic mass is 32.2. The first-order valence-electron chi connectivity index (χ1n) is 10.1. The van der Waals surface area contributed by atoms with E-state index < -0.39 is 37.9 Å². The third-order valence-corrected chi connectivity index (χ3v) is 9.47. The van der Waals surface area contributed by atoms with Crippen LogP contribution in [0.1, 0.15) is 55.5 Å². The van der Waals surface area contributed by atoms with Gasteiger partial charge in [-0.05, 0) is 30.2 Å². The summed E-state index contributed by atoms with van der Waals surface area (Å²) in [5.41, 5.74) is -1.35. The molecule has 2 heterocycles. The van der Waals surface area contributed by atoms with Gasteiger partial charge < -0.3 is 4.74 Å². The summed E-state index contributed by atoms with van der Waals surface area (Å²) in [4.78, 5) is 27.1. The summed E-state index contributed by atoms with van der Waals surface area (Å²) in [6.07, 6.45) is 2.01. The van der Waals surface area contributed by atoms with Gasteiger partial charge in [0.2, 0.25) is 0 Å². The van der Waals surface area contributed by atoms with Gasteiger partial charge in [-0.1, -0.05) is 32.0 Å². The smallest absolute Gasteiger partial charge is 0.339 e. The van der Waals surface area contributed by atoms with Gasteiger partial charge in [-0.2, -0.15) is 8.42 Å². The van der Waals surface area contributed by atoms with E-state index in [1.54, 1.807) is 17.0 Å². The molecular weight excluding hydrogens is 394 g/mol. The number of fused-ring (bicyclic) bond motifs is 4. The quantitative estimate of drug-likeness (QED) is 0.593. The minimum atomic E-state index is -4.55. The number of benzene rings is 1. The Balaban J connectivity index is 1.58. The molecule has 0 radical (unpaired) electrons. The standard InChI is InChI=1S/C21H25NO6S/c1-19(2)13-7-8-21(19,16(23)11-13)18(29(25,26)27)22-10-9-20(12-22)15-6-4-3-5-14(15)17(24)28-20/h3-6,13,18H,7-12H2,1-2H3,(H,25,26,27). The Bertz CT molecular complexity index is 1030. The minimum Gasteiger partial charge on any atom is -0.449 e. The number of carbonyl (C=O) groups is 2. The fraction of sp³-hybridized carbons (Fsp3) is 0.619. The second-order valence-corrected chi connectivity index (χ2v) is 11.0. The third-order valence-electron chi connectivity index (χ3n) is 8.21. The molecule has 1 saturated heterocycles. The number of hydrogen-bond donors (Lipinski definition) is 1. The summed E-state index contributed by atoms with van der Waals surface area (Å²) >= 11 is 0. The van der Waals surface area contributed by atoms with Crippen molar-refractivity contribution in [3.05, 3.63) is 35.4 Å². The Morgan fingerprint density at radius 2 is 1.93 bits per heavy atom. The summed E-state index contributed by atoms with van der Waals surface area (Å²) in [6.45, 7) is 4.37. The second kappa shape index (κ2) is 5.68. The normalized spacial score (nSPS) is 36.6. The molecule has 1 aromatic carbocycles. The fourth-order valence-electron chi connectivity index (χ4n) is 6.70.